The van der Waals surface area contributed by atoms with Crippen LogP contribution in [0.25, 0.3) is 0 Å². The minimum absolute atomic E-state index is 0.175. The highest BCUT2D eigenvalue weighted by molar-refractivity contribution is 5.24. The summed E-state index contributed by atoms with van der Waals surface area (Å²) in [4.78, 5) is 0. The molecule has 1 aliphatic rings. The zero-order chi connectivity index (χ0) is 9.42. The van der Waals surface area contributed by atoms with E-state index in [0.29, 0.717) is 5.92 Å². The molecule has 1 fully saturated rings. The molecule has 70 valence electrons. The highest BCUT2D eigenvalue weighted by atomic mass is 15.1. The van der Waals surface area contributed by atoms with Crippen molar-refractivity contribution in [2.75, 3.05) is 0 Å². The Morgan fingerprint density at radius 2 is 2.08 bits per heavy atom. The number of aryl methyl sites for hydroxylation is 2. The van der Waals surface area contributed by atoms with E-state index in [1.165, 1.54) is 18.4 Å². The Labute approximate surface area is 78.4 Å². The first-order chi connectivity index (χ1) is 6.18. The maximum atomic E-state index is 6.10. The fourth-order valence-corrected chi connectivity index (χ4v) is 1.62. The Balaban J connectivity index is 2.31. The maximum absolute atomic E-state index is 6.10. The van der Waals surface area contributed by atoms with Crippen LogP contribution in [0.1, 0.15) is 35.8 Å². The van der Waals surface area contributed by atoms with Crippen molar-refractivity contribution in [2.45, 2.75) is 32.7 Å². The summed E-state index contributed by atoms with van der Waals surface area (Å²) in [5.74, 6) is 0.683. The number of hydrogen-bond donors (Lipinski definition) is 1. The van der Waals surface area contributed by atoms with Crippen LogP contribution in [0.5, 0.6) is 0 Å². The fourth-order valence-electron chi connectivity index (χ4n) is 1.62. The van der Waals surface area contributed by atoms with E-state index < -0.39 is 0 Å². The number of nitrogens with zero attached hydrogens (tertiary/aromatic N) is 2. The lowest BCUT2D eigenvalue weighted by Crippen LogP contribution is -2.15. The number of nitrogens with two attached hydrogens (primary N) is 1. The summed E-state index contributed by atoms with van der Waals surface area (Å²) < 4.78 is 0. The molecule has 0 spiro atoms. The third kappa shape index (κ3) is 1.70. The zero-order valence-corrected chi connectivity index (χ0v) is 8.12. The van der Waals surface area contributed by atoms with E-state index in [9.17, 15) is 0 Å². The molecular weight excluding hydrogens is 162 g/mol. The Morgan fingerprint density at radius 1 is 1.38 bits per heavy atom. The third-order valence-corrected chi connectivity index (χ3v) is 2.63. The van der Waals surface area contributed by atoms with Crippen LogP contribution in [0.2, 0.25) is 0 Å². The molecule has 1 aliphatic carbocycles. The first-order valence-electron chi connectivity index (χ1n) is 4.75. The van der Waals surface area contributed by atoms with Gasteiger partial charge in [-0.1, -0.05) is 0 Å². The standard InChI is InChI=1S/C10H15N3/c1-6-5-9(7(2)13-12-6)10(11)8-3-4-8/h5,8,10H,3-4,11H2,1-2H3. The van der Waals surface area contributed by atoms with Gasteiger partial charge in [0.05, 0.1) is 11.4 Å². The molecule has 3 heteroatoms. The largest absolute Gasteiger partial charge is 0.324 e. The quantitative estimate of drug-likeness (QED) is 0.744. The molecule has 0 amide bonds. The Bertz CT molecular complexity index is 318. The van der Waals surface area contributed by atoms with Crippen molar-refractivity contribution in [2.24, 2.45) is 11.7 Å². The summed E-state index contributed by atoms with van der Waals surface area (Å²) in [7, 11) is 0. The van der Waals surface area contributed by atoms with Gasteiger partial charge in [-0.2, -0.15) is 10.2 Å². The highest BCUT2D eigenvalue weighted by Gasteiger charge is 2.30. The predicted octanol–water partition coefficient (Wildman–Crippen LogP) is 1.50. The summed E-state index contributed by atoms with van der Waals surface area (Å²) in [5, 5.41) is 8.08. The molecular formula is C10H15N3. The molecule has 1 aromatic heterocycles. The molecule has 1 aromatic rings. The van der Waals surface area contributed by atoms with E-state index >= 15 is 0 Å². The molecule has 0 saturated heterocycles. The smallest absolute Gasteiger partial charge is 0.0648 e. The summed E-state index contributed by atoms with van der Waals surface area (Å²) in [6.07, 6.45) is 2.53. The van der Waals surface area contributed by atoms with Crippen LogP contribution in [-0.2, 0) is 0 Å². The summed E-state index contributed by atoms with van der Waals surface area (Å²) in [6.45, 7) is 3.93. The van der Waals surface area contributed by atoms with Gasteiger partial charge in [0.1, 0.15) is 0 Å². The van der Waals surface area contributed by atoms with E-state index in [-0.39, 0.29) is 6.04 Å². The van der Waals surface area contributed by atoms with Gasteiger partial charge in [0, 0.05) is 6.04 Å². The van der Waals surface area contributed by atoms with Crippen molar-refractivity contribution in [1.82, 2.24) is 10.2 Å². The van der Waals surface area contributed by atoms with Crippen molar-refractivity contribution in [3.8, 4) is 0 Å². The van der Waals surface area contributed by atoms with Crippen LogP contribution in [0.3, 0.4) is 0 Å². The predicted molar refractivity (Wildman–Crippen MR) is 51.2 cm³/mol. The molecule has 2 N–H and O–H groups in total. The molecule has 0 aliphatic heterocycles. The number of aromatic nitrogens is 2. The summed E-state index contributed by atoms with van der Waals surface area (Å²) in [6, 6.07) is 2.24. The van der Waals surface area contributed by atoms with Gasteiger partial charge in [-0.25, -0.2) is 0 Å². The average molecular weight is 177 g/mol. The van der Waals surface area contributed by atoms with Gasteiger partial charge in [0.15, 0.2) is 0 Å². The lowest BCUT2D eigenvalue weighted by Gasteiger charge is -2.12. The van der Waals surface area contributed by atoms with Gasteiger partial charge >= 0.3 is 0 Å². The van der Waals surface area contributed by atoms with E-state index in [1.54, 1.807) is 0 Å². The Morgan fingerprint density at radius 3 is 2.69 bits per heavy atom. The van der Waals surface area contributed by atoms with Gasteiger partial charge in [-0.3, -0.25) is 0 Å². The van der Waals surface area contributed by atoms with E-state index in [0.717, 1.165) is 11.4 Å². The lowest BCUT2D eigenvalue weighted by atomic mass is 10.0. The van der Waals surface area contributed by atoms with Crippen LogP contribution < -0.4 is 5.73 Å². The second kappa shape index (κ2) is 3.07. The Hall–Kier alpha value is -0.960. The van der Waals surface area contributed by atoms with Crippen LogP contribution in [-0.4, -0.2) is 10.2 Å². The van der Waals surface area contributed by atoms with Crippen LogP contribution >= 0.6 is 0 Å². The van der Waals surface area contributed by atoms with E-state index in [1.807, 2.05) is 13.8 Å². The van der Waals surface area contributed by atoms with Crippen LogP contribution in [0.4, 0.5) is 0 Å². The highest BCUT2D eigenvalue weighted by Crippen LogP contribution is 2.39. The molecule has 1 atom stereocenters. The SMILES string of the molecule is Cc1cc(C(N)C2CC2)c(C)nn1. The lowest BCUT2D eigenvalue weighted by molar-refractivity contribution is 0.621. The van der Waals surface area contributed by atoms with E-state index in [2.05, 4.69) is 16.3 Å². The normalized spacial score (nSPS) is 18.7. The molecule has 0 aromatic carbocycles. The van der Waals surface area contributed by atoms with Crippen molar-refractivity contribution >= 4 is 0 Å². The second-order valence-corrected chi connectivity index (χ2v) is 3.89. The molecule has 1 saturated carbocycles. The van der Waals surface area contributed by atoms with Gasteiger partial charge in [0.2, 0.25) is 0 Å². The minimum atomic E-state index is 0.175. The van der Waals surface area contributed by atoms with Gasteiger partial charge < -0.3 is 5.73 Å². The van der Waals surface area contributed by atoms with Gasteiger partial charge in [-0.05, 0) is 44.2 Å². The van der Waals surface area contributed by atoms with E-state index in [4.69, 9.17) is 5.73 Å². The first-order valence-corrected chi connectivity index (χ1v) is 4.75. The molecule has 2 rings (SSSR count). The second-order valence-electron chi connectivity index (χ2n) is 3.89. The number of hydrogen-bond acceptors (Lipinski definition) is 3. The molecule has 3 nitrogen and oxygen atoms in total. The Kier molecular flexibility index (Phi) is 2.04. The summed E-state index contributed by atoms with van der Waals surface area (Å²) >= 11 is 0. The minimum Gasteiger partial charge on any atom is -0.324 e. The van der Waals surface area contributed by atoms with Crippen molar-refractivity contribution in [1.29, 1.82) is 0 Å². The van der Waals surface area contributed by atoms with Crippen molar-refractivity contribution in [3.05, 3.63) is 23.0 Å². The summed E-state index contributed by atoms with van der Waals surface area (Å²) in [5.41, 5.74) is 9.21. The fraction of sp³-hybridized carbons (Fsp3) is 0.600. The van der Waals surface area contributed by atoms with Crippen molar-refractivity contribution in [3.63, 3.8) is 0 Å². The van der Waals surface area contributed by atoms with Gasteiger partial charge in [0.25, 0.3) is 0 Å². The zero-order valence-electron chi connectivity index (χ0n) is 8.12. The van der Waals surface area contributed by atoms with Crippen LogP contribution in [0.15, 0.2) is 6.07 Å². The molecule has 1 unspecified atom stereocenters. The van der Waals surface area contributed by atoms with Crippen molar-refractivity contribution < 1.29 is 0 Å². The van der Waals surface area contributed by atoms with Crippen LogP contribution in [0, 0.1) is 19.8 Å². The molecule has 0 bridgehead atoms. The average Bonchev–Trinajstić information content (AvgIpc) is 2.91. The molecule has 13 heavy (non-hydrogen) atoms. The third-order valence-electron chi connectivity index (χ3n) is 2.63. The number of rotatable bonds is 2. The van der Waals surface area contributed by atoms with Gasteiger partial charge in [-0.15, -0.1) is 0 Å². The first kappa shape index (κ1) is 8.63. The topological polar surface area (TPSA) is 51.8 Å². The maximum Gasteiger partial charge on any atom is 0.0648 e. The molecule has 0 radical (unpaired) electrons. The molecule has 1 heterocycles. The monoisotopic (exact) mass is 177 g/mol.